The van der Waals surface area contributed by atoms with Crippen molar-refractivity contribution in [2.24, 2.45) is 0 Å². The van der Waals surface area contributed by atoms with Crippen molar-refractivity contribution in [2.75, 3.05) is 36.4 Å². The highest BCUT2D eigenvalue weighted by Gasteiger charge is 2.29. The number of urea groups is 1. The first kappa shape index (κ1) is 20.4. The molecule has 3 rings (SSSR count). The first-order valence-electron chi connectivity index (χ1n) is 8.96. The fourth-order valence-electron chi connectivity index (χ4n) is 3.38. The molecule has 0 unspecified atom stereocenters. The number of halogens is 3. The Kier molecular flexibility index (Phi) is 6.07. The number of aryl methyl sites for hydroxylation is 2. The van der Waals surface area contributed by atoms with E-state index in [0.717, 1.165) is 13.1 Å². The van der Waals surface area contributed by atoms with E-state index in [2.05, 4.69) is 36.2 Å². The summed E-state index contributed by atoms with van der Waals surface area (Å²) in [6.45, 7) is 6.81. The van der Waals surface area contributed by atoms with Gasteiger partial charge in [0.15, 0.2) is 0 Å². The zero-order chi connectivity index (χ0) is 20.3. The lowest BCUT2D eigenvalue weighted by atomic mass is 10.1. The van der Waals surface area contributed by atoms with E-state index in [1.807, 2.05) is 6.07 Å². The van der Waals surface area contributed by atoms with E-state index in [0.29, 0.717) is 18.8 Å². The van der Waals surface area contributed by atoms with Gasteiger partial charge in [-0.15, -0.1) is 0 Å². The Morgan fingerprint density at radius 2 is 1.54 bits per heavy atom. The zero-order valence-corrected chi connectivity index (χ0v) is 16.5. The molecular weight excluding hydrogens is 387 g/mol. The number of hydrogen-bond donors (Lipinski definition) is 1. The lowest BCUT2D eigenvalue weighted by Crippen LogP contribution is -2.50. The molecule has 1 fully saturated rings. The standard InChI is InChI=1S/C20H22F3N3OS/c1-14-4-3-5-15(2)18(14)25-10-12-26(13-11-25)19(27)24-16-6-8-17(9-7-16)28-20(21,22)23/h3-9H,10-13H2,1-2H3,(H,24,27). The van der Waals surface area contributed by atoms with Crippen LogP contribution < -0.4 is 10.2 Å². The largest absolute Gasteiger partial charge is 0.446 e. The summed E-state index contributed by atoms with van der Waals surface area (Å²) in [5.41, 5.74) is -0.182. The molecule has 2 aromatic carbocycles. The van der Waals surface area contributed by atoms with Gasteiger partial charge >= 0.3 is 11.5 Å². The summed E-state index contributed by atoms with van der Waals surface area (Å²) < 4.78 is 37.1. The molecule has 0 bridgehead atoms. The van der Waals surface area contributed by atoms with Crippen LogP contribution in [-0.2, 0) is 0 Å². The number of thioether (sulfide) groups is 1. The van der Waals surface area contributed by atoms with Gasteiger partial charge in [0.2, 0.25) is 0 Å². The molecule has 0 radical (unpaired) electrons. The molecule has 0 aromatic heterocycles. The lowest BCUT2D eigenvalue weighted by Gasteiger charge is -2.37. The molecule has 0 spiro atoms. The molecule has 1 heterocycles. The Hall–Kier alpha value is -2.35. The molecule has 0 saturated carbocycles. The molecule has 2 aromatic rings. The van der Waals surface area contributed by atoms with Crippen LogP contribution in [0.15, 0.2) is 47.4 Å². The number of para-hydroxylation sites is 1. The SMILES string of the molecule is Cc1cccc(C)c1N1CCN(C(=O)Nc2ccc(SC(F)(F)F)cc2)CC1. The number of benzene rings is 2. The van der Waals surface area contributed by atoms with Crippen LogP contribution in [0, 0.1) is 13.8 Å². The van der Waals surface area contributed by atoms with E-state index >= 15 is 0 Å². The minimum atomic E-state index is -4.32. The summed E-state index contributed by atoms with van der Waals surface area (Å²) in [6.07, 6.45) is 0. The summed E-state index contributed by atoms with van der Waals surface area (Å²) >= 11 is -0.172. The quantitative estimate of drug-likeness (QED) is 0.702. The number of nitrogens with zero attached hydrogens (tertiary/aromatic N) is 2. The monoisotopic (exact) mass is 409 g/mol. The molecule has 4 nitrogen and oxygen atoms in total. The molecular formula is C20H22F3N3OS. The number of nitrogens with one attached hydrogen (secondary N) is 1. The summed E-state index contributed by atoms with van der Waals surface area (Å²) in [6, 6.07) is 11.6. The van der Waals surface area contributed by atoms with Crippen LogP contribution in [0.3, 0.4) is 0 Å². The summed E-state index contributed by atoms with van der Waals surface area (Å²) in [5, 5.41) is 2.76. The molecule has 1 aliphatic heterocycles. The van der Waals surface area contributed by atoms with Crippen molar-refractivity contribution in [3.8, 4) is 0 Å². The third-order valence-corrected chi connectivity index (χ3v) is 5.40. The maximum Gasteiger partial charge on any atom is 0.446 e. The maximum atomic E-state index is 12.5. The molecule has 0 aliphatic carbocycles. The van der Waals surface area contributed by atoms with Gasteiger partial charge in [-0.3, -0.25) is 0 Å². The highest BCUT2D eigenvalue weighted by molar-refractivity contribution is 8.00. The normalized spacial score (nSPS) is 14.9. The fourth-order valence-corrected chi connectivity index (χ4v) is 3.92. The first-order chi connectivity index (χ1) is 13.2. The molecule has 28 heavy (non-hydrogen) atoms. The number of alkyl halides is 3. The molecule has 8 heteroatoms. The van der Waals surface area contributed by atoms with E-state index in [1.54, 1.807) is 4.90 Å². The number of carbonyl (C=O) groups excluding carboxylic acids is 1. The van der Waals surface area contributed by atoms with Crippen molar-refractivity contribution in [3.05, 3.63) is 53.6 Å². The van der Waals surface area contributed by atoms with Gasteiger partial charge in [-0.25, -0.2) is 4.79 Å². The van der Waals surface area contributed by atoms with Crippen LogP contribution in [0.5, 0.6) is 0 Å². The van der Waals surface area contributed by atoms with Crippen molar-refractivity contribution >= 4 is 29.2 Å². The molecule has 150 valence electrons. The van der Waals surface area contributed by atoms with E-state index in [9.17, 15) is 18.0 Å². The summed E-state index contributed by atoms with van der Waals surface area (Å²) in [7, 11) is 0. The summed E-state index contributed by atoms with van der Waals surface area (Å²) in [4.78, 5) is 16.6. The van der Waals surface area contributed by atoms with Gasteiger partial charge in [0, 0.05) is 42.4 Å². The van der Waals surface area contributed by atoms with E-state index in [-0.39, 0.29) is 22.7 Å². The van der Waals surface area contributed by atoms with Crippen LogP contribution in [-0.4, -0.2) is 42.6 Å². The molecule has 1 aliphatic rings. The topological polar surface area (TPSA) is 35.6 Å². The second kappa shape index (κ2) is 8.34. The van der Waals surface area contributed by atoms with Crippen LogP contribution in [0.4, 0.5) is 29.3 Å². The summed E-state index contributed by atoms with van der Waals surface area (Å²) in [5.74, 6) is 0. The van der Waals surface area contributed by atoms with E-state index in [1.165, 1.54) is 41.1 Å². The molecule has 1 saturated heterocycles. The number of piperazine rings is 1. The Labute approximate surface area is 166 Å². The zero-order valence-electron chi connectivity index (χ0n) is 15.7. The van der Waals surface area contributed by atoms with Gasteiger partial charge in [0.25, 0.3) is 0 Å². The highest BCUT2D eigenvalue weighted by Crippen LogP contribution is 2.37. The van der Waals surface area contributed by atoms with Crippen LogP contribution >= 0.6 is 11.8 Å². The van der Waals surface area contributed by atoms with Crippen molar-refractivity contribution in [3.63, 3.8) is 0 Å². The number of carbonyl (C=O) groups is 1. The van der Waals surface area contributed by atoms with Crippen LogP contribution in [0.1, 0.15) is 11.1 Å². The van der Waals surface area contributed by atoms with Crippen LogP contribution in [0.2, 0.25) is 0 Å². The Morgan fingerprint density at radius 3 is 2.07 bits per heavy atom. The van der Waals surface area contributed by atoms with Crippen molar-refractivity contribution in [1.29, 1.82) is 0 Å². The average Bonchev–Trinajstić information content (AvgIpc) is 2.62. The minimum Gasteiger partial charge on any atom is -0.368 e. The fraction of sp³-hybridized carbons (Fsp3) is 0.350. The third-order valence-electron chi connectivity index (χ3n) is 4.66. The number of rotatable bonds is 3. The maximum absolute atomic E-state index is 12.5. The van der Waals surface area contributed by atoms with Crippen LogP contribution in [0.25, 0.3) is 0 Å². The smallest absolute Gasteiger partial charge is 0.368 e. The van der Waals surface area contributed by atoms with Gasteiger partial charge in [-0.2, -0.15) is 13.2 Å². The first-order valence-corrected chi connectivity index (χ1v) is 9.77. The van der Waals surface area contributed by atoms with Crippen molar-refractivity contribution in [2.45, 2.75) is 24.3 Å². The van der Waals surface area contributed by atoms with Gasteiger partial charge < -0.3 is 15.1 Å². The van der Waals surface area contributed by atoms with E-state index < -0.39 is 5.51 Å². The predicted octanol–water partition coefficient (Wildman–Crippen LogP) is 5.27. The Bertz CT molecular complexity index is 811. The van der Waals surface area contributed by atoms with Gasteiger partial charge in [0.05, 0.1) is 0 Å². The Morgan fingerprint density at radius 1 is 0.964 bits per heavy atom. The second-order valence-electron chi connectivity index (χ2n) is 6.72. The van der Waals surface area contributed by atoms with Crippen molar-refractivity contribution in [1.82, 2.24) is 4.90 Å². The van der Waals surface area contributed by atoms with Gasteiger partial charge in [-0.1, -0.05) is 18.2 Å². The molecule has 1 N–H and O–H groups in total. The molecule has 2 amide bonds. The number of anilines is 2. The van der Waals surface area contributed by atoms with E-state index in [4.69, 9.17) is 0 Å². The lowest BCUT2D eigenvalue weighted by molar-refractivity contribution is -0.0328. The third kappa shape index (κ3) is 5.13. The Balaban J connectivity index is 1.55. The van der Waals surface area contributed by atoms with Gasteiger partial charge in [-0.05, 0) is 61.0 Å². The molecule has 0 atom stereocenters. The second-order valence-corrected chi connectivity index (χ2v) is 7.86. The number of amides is 2. The average molecular weight is 409 g/mol. The van der Waals surface area contributed by atoms with Gasteiger partial charge in [0.1, 0.15) is 0 Å². The highest BCUT2D eigenvalue weighted by atomic mass is 32.2. The minimum absolute atomic E-state index is 0.0905. The van der Waals surface area contributed by atoms with Crippen molar-refractivity contribution < 1.29 is 18.0 Å². The predicted molar refractivity (Wildman–Crippen MR) is 107 cm³/mol. The number of hydrogen-bond acceptors (Lipinski definition) is 3.